The molecule has 2 N–H and O–H groups in total. The molecule has 0 unspecified atom stereocenters. The summed E-state index contributed by atoms with van der Waals surface area (Å²) in [7, 11) is 0. The second-order valence-corrected chi connectivity index (χ2v) is 3.88. The lowest BCUT2D eigenvalue weighted by molar-refractivity contribution is 0.0376. The van der Waals surface area contributed by atoms with Gasteiger partial charge in [0.05, 0.1) is 0 Å². The molecular weight excluding hydrogens is 202 g/mol. The van der Waals surface area contributed by atoms with Crippen molar-refractivity contribution in [1.82, 2.24) is 5.32 Å². The summed E-state index contributed by atoms with van der Waals surface area (Å²) in [4.78, 5) is 11.5. The quantitative estimate of drug-likeness (QED) is 0.757. The number of carbonyl (C=O) groups excluding carboxylic acids is 1. The highest BCUT2D eigenvalue weighted by Crippen LogP contribution is 2.05. The van der Waals surface area contributed by atoms with Crippen molar-refractivity contribution in [3.05, 3.63) is 35.4 Å². The van der Waals surface area contributed by atoms with Crippen LogP contribution in [0.1, 0.15) is 43.6 Å². The summed E-state index contributed by atoms with van der Waals surface area (Å²) in [6.45, 7) is 8.97. The van der Waals surface area contributed by atoms with Crippen molar-refractivity contribution in [2.75, 3.05) is 0 Å². The lowest BCUT2D eigenvalue weighted by Gasteiger charge is -2.19. The SMILES string of the molecule is CC.Cc1cccc(C(=O)NC(C)(C)O)c1. The Labute approximate surface area is 97.5 Å². The zero-order chi connectivity index (χ0) is 12.8. The summed E-state index contributed by atoms with van der Waals surface area (Å²) in [6, 6.07) is 7.23. The van der Waals surface area contributed by atoms with Crippen molar-refractivity contribution < 1.29 is 9.90 Å². The van der Waals surface area contributed by atoms with Crippen molar-refractivity contribution in [2.24, 2.45) is 0 Å². The minimum Gasteiger partial charge on any atom is -0.372 e. The van der Waals surface area contributed by atoms with E-state index in [-0.39, 0.29) is 5.91 Å². The molecule has 0 bridgehead atoms. The van der Waals surface area contributed by atoms with E-state index >= 15 is 0 Å². The second kappa shape index (κ2) is 6.28. The molecule has 0 aromatic heterocycles. The summed E-state index contributed by atoms with van der Waals surface area (Å²) in [5.74, 6) is -0.263. The molecule has 0 fully saturated rings. The minimum atomic E-state index is -1.18. The van der Waals surface area contributed by atoms with Crippen LogP contribution < -0.4 is 5.32 Å². The van der Waals surface area contributed by atoms with Crippen LogP contribution in [-0.2, 0) is 0 Å². The topological polar surface area (TPSA) is 49.3 Å². The molecule has 1 aromatic rings. The third kappa shape index (κ3) is 5.51. The van der Waals surface area contributed by atoms with Gasteiger partial charge in [0.2, 0.25) is 0 Å². The van der Waals surface area contributed by atoms with Gasteiger partial charge in [0.25, 0.3) is 5.91 Å². The largest absolute Gasteiger partial charge is 0.372 e. The molecule has 0 radical (unpaired) electrons. The average molecular weight is 223 g/mol. The van der Waals surface area contributed by atoms with Gasteiger partial charge in [-0.05, 0) is 32.9 Å². The summed E-state index contributed by atoms with van der Waals surface area (Å²) in [5.41, 5.74) is 0.404. The number of rotatable bonds is 2. The van der Waals surface area contributed by atoms with Gasteiger partial charge in [-0.2, -0.15) is 0 Å². The van der Waals surface area contributed by atoms with E-state index in [4.69, 9.17) is 0 Å². The Kier molecular flexibility index (Phi) is 5.75. The number of carbonyl (C=O) groups is 1. The molecule has 1 aromatic carbocycles. The maximum atomic E-state index is 11.5. The third-order valence-corrected chi connectivity index (χ3v) is 1.70. The van der Waals surface area contributed by atoms with Gasteiger partial charge < -0.3 is 10.4 Å². The normalized spacial score (nSPS) is 10.1. The van der Waals surface area contributed by atoms with Gasteiger partial charge in [0.1, 0.15) is 5.72 Å². The number of aryl methyl sites for hydroxylation is 1. The monoisotopic (exact) mass is 223 g/mol. The van der Waals surface area contributed by atoms with Crippen LogP contribution in [0.3, 0.4) is 0 Å². The maximum Gasteiger partial charge on any atom is 0.253 e. The Morgan fingerprint density at radius 1 is 1.31 bits per heavy atom. The summed E-state index contributed by atoms with van der Waals surface area (Å²) >= 11 is 0. The van der Waals surface area contributed by atoms with Gasteiger partial charge in [-0.1, -0.05) is 31.5 Å². The molecule has 0 aliphatic carbocycles. The predicted molar refractivity (Wildman–Crippen MR) is 66.3 cm³/mol. The van der Waals surface area contributed by atoms with E-state index in [1.54, 1.807) is 12.1 Å². The van der Waals surface area contributed by atoms with Gasteiger partial charge in [0.15, 0.2) is 0 Å². The molecule has 1 amide bonds. The van der Waals surface area contributed by atoms with Crippen LogP contribution in [0.25, 0.3) is 0 Å². The number of amides is 1. The lowest BCUT2D eigenvalue weighted by Crippen LogP contribution is -2.43. The van der Waals surface area contributed by atoms with Crippen LogP contribution in [0, 0.1) is 6.92 Å². The standard InChI is InChI=1S/C11H15NO2.C2H6/c1-8-5-4-6-9(7-8)10(13)12-11(2,3)14;1-2/h4-7,14H,1-3H3,(H,12,13);1-2H3. The fourth-order valence-corrected chi connectivity index (χ4v) is 1.14. The Balaban J connectivity index is 0.00000106. The molecule has 0 heterocycles. The van der Waals surface area contributed by atoms with Crippen molar-refractivity contribution in [3.63, 3.8) is 0 Å². The van der Waals surface area contributed by atoms with Crippen molar-refractivity contribution in [3.8, 4) is 0 Å². The van der Waals surface area contributed by atoms with E-state index < -0.39 is 5.72 Å². The van der Waals surface area contributed by atoms with E-state index in [1.165, 1.54) is 13.8 Å². The Morgan fingerprint density at radius 2 is 1.88 bits per heavy atom. The fraction of sp³-hybridized carbons (Fsp3) is 0.462. The molecule has 1 rings (SSSR count). The summed E-state index contributed by atoms with van der Waals surface area (Å²) < 4.78 is 0. The molecule has 3 nitrogen and oxygen atoms in total. The summed E-state index contributed by atoms with van der Waals surface area (Å²) in [5, 5.41) is 11.9. The van der Waals surface area contributed by atoms with Crippen LogP contribution in [0.5, 0.6) is 0 Å². The Bertz CT molecular complexity index is 340. The van der Waals surface area contributed by atoms with Crippen molar-refractivity contribution >= 4 is 5.91 Å². The lowest BCUT2D eigenvalue weighted by atomic mass is 10.1. The first-order valence-electron chi connectivity index (χ1n) is 5.50. The first-order chi connectivity index (χ1) is 7.38. The van der Waals surface area contributed by atoms with Crippen LogP contribution in [-0.4, -0.2) is 16.7 Å². The average Bonchev–Trinajstić information content (AvgIpc) is 2.18. The van der Waals surface area contributed by atoms with Crippen molar-refractivity contribution in [1.29, 1.82) is 0 Å². The zero-order valence-corrected chi connectivity index (χ0v) is 10.7. The van der Waals surface area contributed by atoms with Crippen LogP contribution in [0.2, 0.25) is 0 Å². The van der Waals surface area contributed by atoms with E-state index in [9.17, 15) is 9.90 Å². The van der Waals surface area contributed by atoms with Gasteiger partial charge in [0, 0.05) is 5.56 Å². The highest BCUT2D eigenvalue weighted by atomic mass is 16.3. The molecule has 0 aliphatic rings. The molecule has 16 heavy (non-hydrogen) atoms. The molecule has 0 atom stereocenters. The van der Waals surface area contributed by atoms with Gasteiger partial charge in [-0.15, -0.1) is 0 Å². The summed E-state index contributed by atoms with van der Waals surface area (Å²) in [6.07, 6.45) is 0. The highest BCUT2D eigenvalue weighted by Gasteiger charge is 2.16. The fourth-order valence-electron chi connectivity index (χ4n) is 1.14. The van der Waals surface area contributed by atoms with E-state index in [1.807, 2.05) is 32.9 Å². The Morgan fingerprint density at radius 3 is 2.31 bits per heavy atom. The first kappa shape index (κ1) is 14.6. The van der Waals surface area contributed by atoms with E-state index in [0.29, 0.717) is 5.56 Å². The van der Waals surface area contributed by atoms with E-state index in [2.05, 4.69) is 5.32 Å². The molecule has 3 heteroatoms. The molecule has 90 valence electrons. The molecule has 0 spiro atoms. The first-order valence-corrected chi connectivity index (χ1v) is 5.50. The van der Waals surface area contributed by atoms with Gasteiger partial charge in [-0.3, -0.25) is 4.79 Å². The highest BCUT2D eigenvalue weighted by molar-refractivity contribution is 5.94. The van der Waals surface area contributed by atoms with E-state index in [0.717, 1.165) is 5.56 Å². The van der Waals surface area contributed by atoms with Gasteiger partial charge >= 0.3 is 0 Å². The van der Waals surface area contributed by atoms with Crippen LogP contribution >= 0.6 is 0 Å². The predicted octanol–water partition coefficient (Wildman–Crippen LogP) is 2.48. The van der Waals surface area contributed by atoms with Crippen LogP contribution in [0.15, 0.2) is 24.3 Å². The number of nitrogens with one attached hydrogen (secondary N) is 1. The maximum absolute atomic E-state index is 11.5. The molecular formula is C13H21NO2. The zero-order valence-electron chi connectivity index (χ0n) is 10.7. The third-order valence-electron chi connectivity index (χ3n) is 1.70. The van der Waals surface area contributed by atoms with Crippen molar-refractivity contribution in [2.45, 2.75) is 40.3 Å². The minimum absolute atomic E-state index is 0.263. The van der Waals surface area contributed by atoms with Crippen LogP contribution in [0.4, 0.5) is 0 Å². The Hall–Kier alpha value is -1.35. The number of benzene rings is 1. The second-order valence-electron chi connectivity index (χ2n) is 3.88. The molecule has 0 aliphatic heterocycles. The number of hydrogen-bond acceptors (Lipinski definition) is 2. The molecule has 0 saturated heterocycles. The number of hydrogen-bond donors (Lipinski definition) is 2. The number of aliphatic hydroxyl groups is 1. The van der Waals surface area contributed by atoms with Gasteiger partial charge in [-0.25, -0.2) is 0 Å². The molecule has 0 saturated carbocycles. The smallest absolute Gasteiger partial charge is 0.253 e.